The fraction of sp³-hybridized carbons (Fsp3) is 0.222. The summed E-state index contributed by atoms with van der Waals surface area (Å²) in [6.07, 6.45) is 2.43. The van der Waals surface area contributed by atoms with Crippen molar-refractivity contribution in [2.24, 2.45) is 0 Å². The summed E-state index contributed by atoms with van der Waals surface area (Å²) in [5, 5.41) is 15.6. The standard InChI is InChI=1S/C6H8O4.C3H4O2/c1-2-10-6(9)4-3-5(7)8;1-2-3(4)5/h3-4H,2H2,1H3,(H,7,8);2H,1H2,(H,4,5). The normalized spacial score (nSPS) is 8.60. The van der Waals surface area contributed by atoms with Crippen LogP contribution in [0.3, 0.4) is 0 Å². The Hall–Kier alpha value is -2.11. The third-order valence-electron chi connectivity index (χ3n) is 0.823. The first-order chi connectivity index (χ1) is 6.93. The van der Waals surface area contributed by atoms with Gasteiger partial charge in [-0.25, -0.2) is 14.4 Å². The second-order valence-electron chi connectivity index (χ2n) is 1.97. The Kier molecular flexibility index (Phi) is 10.2. The first-order valence-electron chi connectivity index (χ1n) is 3.87. The lowest BCUT2D eigenvalue weighted by atomic mass is 10.5. The van der Waals surface area contributed by atoms with Crippen LogP contribution >= 0.6 is 0 Å². The highest BCUT2D eigenvalue weighted by atomic mass is 16.5. The molecule has 0 atom stereocenters. The largest absolute Gasteiger partial charge is 0.478 e. The van der Waals surface area contributed by atoms with Gasteiger partial charge in [0.25, 0.3) is 0 Å². The first kappa shape index (κ1) is 15.4. The number of ether oxygens (including phenoxy) is 1. The Morgan fingerprint density at radius 1 is 1.20 bits per heavy atom. The number of hydrogen-bond acceptors (Lipinski definition) is 4. The van der Waals surface area contributed by atoms with Crippen molar-refractivity contribution in [2.75, 3.05) is 6.61 Å². The summed E-state index contributed by atoms with van der Waals surface area (Å²) in [4.78, 5) is 29.4. The van der Waals surface area contributed by atoms with E-state index in [4.69, 9.17) is 10.2 Å². The van der Waals surface area contributed by atoms with Gasteiger partial charge in [0.1, 0.15) is 0 Å². The summed E-state index contributed by atoms with van der Waals surface area (Å²) >= 11 is 0. The van der Waals surface area contributed by atoms with Crippen LogP contribution in [-0.4, -0.2) is 34.7 Å². The smallest absolute Gasteiger partial charge is 0.330 e. The Labute approximate surface area is 86.5 Å². The molecule has 0 aliphatic heterocycles. The maximum absolute atomic E-state index is 10.4. The minimum Gasteiger partial charge on any atom is -0.478 e. The van der Waals surface area contributed by atoms with Crippen molar-refractivity contribution in [3.05, 3.63) is 24.8 Å². The highest BCUT2D eigenvalue weighted by molar-refractivity contribution is 5.90. The van der Waals surface area contributed by atoms with Crippen LogP contribution in [0.15, 0.2) is 24.8 Å². The molecule has 84 valence electrons. The summed E-state index contributed by atoms with van der Waals surface area (Å²) in [5.74, 6) is -2.78. The van der Waals surface area contributed by atoms with E-state index in [1.807, 2.05) is 0 Å². The molecule has 0 bridgehead atoms. The third kappa shape index (κ3) is 18.7. The van der Waals surface area contributed by atoms with Crippen molar-refractivity contribution < 1.29 is 29.3 Å². The molecule has 0 spiro atoms. The molecule has 6 nitrogen and oxygen atoms in total. The van der Waals surface area contributed by atoms with E-state index >= 15 is 0 Å². The van der Waals surface area contributed by atoms with Crippen molar-refractivity contribution >= 4 is 17.9 Å². The average Bonchev–Trinajstić information content (AvgIpc) is 2.16. The molecule has 0 radical (unpaired) electrons. The lowest BCUT2D eigenvalue weighted by Gasteiger charge is -1.92. The molecule has 0 saturated carbocycles. The number of esters is 1. The highest BCUT2D eigenvalue weighted by Gasteiger charge is 1.94. The van der Waals surface area contributed by atoms with Crippen molar-refractivity contribution in [3.63, 3.8) is 0 Å². The zero-order chi connectivity index (χ0) is 12.3. The molecule has 0 aliphatic carbocycles. The van der Waals surface area contributed by atoms with E-state index in [0.717, 1.165) is 18.2 Å². The lowest BCUT2D eigenvalue weighted by Crippen LogP contribution is -2.00. The summed E-state index contributed by atoms with van der Waals surface area (Å²) in [7, 11) is 0. The second-order valence-corrected chi connectivity index (χ2v) is 1.97. The summed E-state index contributed by atoms with van der Waals surface area (Å²) < 4.78 is 4.40. The molecule has 0 aromatic rings. The van der Waals surface area contributed by atoms with E-state index < -0.39 is 17.9 Å². The topological polar surface area (TPSA) is 101 Å². The van der Waals surface area contributed by atoms with Gasteiger partial charge in [-0.3, -0.25) is 0 Å². The molecule has 0 aliphatic rings. The van der Waals surface area contributed by atoms with Gasteiger partial charge < -0.3 is 14.9 Å². The Balaban J connectivity index is 0. The number of aliphatic carboxylic acids is 2. The number of carbonyl (C=O) groups excluding carboxylic acids is 1. The summed E-state index contributed by atoms with van der Waals surface area (Å²) in [5.41, 5.74) is 0. The van der Waals surface area contributed by atoms with Crippen LogP contribution in [0, 0.1) is 0 Å². The Morgan fingerprint density at radius 2 is 1.67 bits per heavy atom. The molecule has 15 heavy (non-hydrogen) atoms. The van der Waals surface area contributed by atoms with E-state index in [9.17, 15) is 14.4 Å². The molecule has 0 amide bonds. The molecule has 0 heterocycles. The number of rotatable bonds is 4. The van der Waals surface area contributed by atoms with Gasteiger partial charge >= 0.3 is 17.9 Å². The lowest BCUT2D eigenvalue weighted by molar-refractivity contribution is -0.138. The highest BCUT2D eigenvalue weighted by Crippen LogP contribution is 1.80. The Morgan fingerprint density at radius 3 is 1.93 bits per heavy atom. The minimum atomic E-state index is -1.16. The summed E-state index contributed by atoms with van der Waals surface area (Å²) in [6, 6.07) is 0. The minimum absolute atomic E-state index is 0.253. The van der Waals surface area contributed by atoms with E-state index in [1.165, 1.54) is 0 Å². The number of carboxylic acids is 2. The number of carbonyl (C=O) groups is 3. The molecule has 0 fully saturated rings. The van der Waals surface area contributed by atoms with Crippen LogP contribution < -0.4 is 0 Å². The molecule has 0 aromatic heterocycles. The van der Waals surface area contributed by atoms with E-state index in [2.05, 4.69) is 11.3 Å². The van der Waals surface area contributed by atoms with Crippen molar-refractivity contribution in [3.8, 4) is 0 Å². The zero-order valence-electron chi connectivity index (χ0n) is 8.17. The molecular weight excluding hydrogens is 204 g/mol. The van der Waals surface area contributed by atoms with Crippen LogP contribution in [0.1, 0.15) is 6.92 Å². The van der Waals surface area contributed by atoms with Crippen LogP contribution in [-0.2, 0) is 19.1 Å². The van der Waals surface area contributed by atoms with Crippen molar-refractivity contribution in [2.45, 2.75) is 6.92 Å². The maximum Gasteiger partial charge on any atom is 0.330 e. The fourth-order valence-electron chi connectivity index (χ4n) is 0.330. The van der Waals surface area contributed by atoms with Crippen molar-refractivity contribution in [1.29, 1.82) is 0 Å². The molecule has 0 unspecified atom stereocenters. The van der Waals surface area contributed by atoms with Gasteiger partial charge in [-0.15, -0.1) is 0 Å². The predicted octanol–water partition coefficient (Wildman–Crippen LogP) is 0.447. The van der Waals surface area contributed by atoms with Crippen LogP contribution in [0.5, 0.6) is 0 Å². The monoisotopic (exact) mass is 216 g/mol. The third-order valence-corrected chi connectivity index (χ3v) is 0.823. The molecule has 6 heteroatoms. The van der Waals surface area contributed by atoms with E-state index in [-0.39, 0.29) is 6.61 Å². The van der Waals surface area contributed by atoms with Gasteiger partial charge in [0.2, 0.25) is 0 Å². The second kappa shape index (κ2) is 9.97. The van der Waals surface area contributed by atoms with Crippen LogP contribution in [0.25, 0.3) is 0 Å². The SMILES string of the molecule is C=CC(=O)O.CCOC(=O)C=CC(=O)O. The van der Waals surface area contributed by atoms with Crippen LogP contribution in [0.4, 0.5) is 0 Å². The number of hydrogen-bond donors (Lipinski definition) is 2. The van der Waals surface area contributed by atoms with Crippen LogP contribution in [0.2, 0.25) is 0 Å². The Bertz CT molecular complexity index is 266. The molecule has 0 saturated heterocycles. The predicted molar refractivity (Wildman–Crippen MR) is 51.2 cm³/mol. The van der Waals surface area contributed by atoms with Gasteiger partial charge in [-0.2, -0.15) is 0 Å². The number of carboxylic acid groups (broad SMARTS) is 2. The molecule has 2 N–H and O–H groups in total. The summed E-state index contributed by atoms with van der Waals surface area (Å²) in [6.45, 7) is 4.86. The zero-order valence-corrected chi connectivity index (χ0v) is 8.17. The molecule has 0 rings (SSSR count). The van der Waals surface area contributed by atoms with E-state index in [0.29, 0.717) is 0 Å². The van der Waals surface area contributed by atoms with Crippen molar-refractivity contribution in [1.82, 2.24) is 0 Å². The van der Waals surface area contributed by atoms with Gasteiger partial charge in [-0.05, 0) is 6.92 Å². The maximum atomic E-state index is 10.4. The van der Waals surface area contributed by atoms with E-state index in [1.54, 1.807) is 6.92 Å². The quantitative estimate of drug-likeness (QED) is 0.522. The molecule has 0 aromatic carbocycles. The van der Waals surface area contributed by atoms with Gasteiger partial charge in [-0.1, -0.05) is 6.58 Å². The fourth-order valence-corrected chi connectivity index (χ4v) is 0.330. The van der Waals surface area contributed by atoms with Gasteiger partial charge in [0.05, 0.1) is 6.61 Å². The first-order valence-corrected chi connectivity index (χ1v) is 3.87. The van der Waals surface area contributed by atoms with Gasteiger partial charge in [0.15, 0.2) is 0 Å². The molecular formula is C9H12O6. The van der Waals surface area contributed by atoms with Gasteiger partial charge in [0, 0.05) is 18.2 Å². The average molecular weight is 216 g/mol.